The fourth-order valence-corrected chi connectivity index (χ4v) is 8.96. The minimum atomic E-state index is -0.883. The Kier molecular flexibility index (Phi) is 12.7. The molecule has 3 aromatic carbocycles. The lowest BCUT2D eigenvalue weighted by Gasteiger charge is -2.42. The van der Waals surface area contributed by atoms with Gasteiger partial charge in [0, 0.05) is 69.8 Å². The van der Waals surface area contributed by atoms with Crippen molar-refractivity contribution in [1.82, 2.24) is 14.7 Å². The first kappa shape index (κ1) is 41.4. The lowest BCUT2D eigenvalue weighted by molar-refractivity contribution is -0.198. The van der Waals surface area contributed by atoms with Gasteiger partial charge in [-0.25, -0.2) is 14.5 Å². The second-order valence-corrected chi connectivity index (χ2v) is 16.0. The molecular formula is C45H55N5O10. The van der Waals surface area contributed by atoms with Gasteiger partial charge in [-0.05, 0) is 75.4 Å². The molecule has 0 radical (unpaired) electrons. The summed E-state index contributed by atoms with van der Waals surface area (Å²) in [5.41, 5.74) is 2.33. The molecular weight excluding hydrogens is 771 g/mol. The van der Waals surface area contributed by atoms with Crippen molar-refractivity contribution in [1.29, 1.82) is 0 Å². The normalized spacial score (nSPS) is 21.8. The van der Waals surface area contributed by atoms with Gasteiger partial charge in [0.25, 0.3) is 5.91 Å². The first-order valence-corrected chi connectivity index (χ1v) is 21.3. The Morgan fingerprint density at radius 1 is 0.883 bits per heavy atom. The van der Waals surface area contributed by atoms with Crippen LogP contribution < -0.4 is 24.0 Å². The molecule has 3 fully saturated rings. The van der Waals surface area contributed by atoms with Crippen molar-refractivity contribution in [2.75, 3.05) is 83.0 Å². The number of carbonyl (C=O) groups is 4. The van der Waals surface area contributed by atoms with Crippen LogP contribution in [-0.2, 0) is 25.4 Å². The molecule has 4 amide bonds. The predicted molar refractivity (Wildman–Crippen MR) is 224 cm³/mol. The maximum atomic E-state index is 14.3. The van der Waals surface area contributed by atoms with E-state index in [1.165, 1.54) is 18.1 Å². The van der Waals surface area contributed by atoms with Crippen LogP contribution in [0, 0.1) is 0 Å². The van der Waals surface area contributed by atoms with E-state index in [1.807, 2.05) is 37.4 Å². The molecule has 3 saturated heterocycles. The van der Waals surface area contributed by atoms with Gasteiger partial charge in [-0.3, -0.25) is 9.59 Å². The van der Waals surface area contributed by atoms with Crippen LogP contribution in [0.15, 0.2) is 55.1 Å². The van der Waals surface area contributed by atoms with Crippen molar-refractivity contribution in [3.8, 4) is 17.2 Å². The molecule has 15 heteroatoms. The van der Waals surface area contributed by atoms with Gasteiger partial charge in [0.15, 0.2) is 24.0 Å². The van der Waals surface area contributed by atoms with Crippen LogP contribution in [0.4, 0.5) is 21.0 Å². The highest BCUT2D eigenvalue weighted by atomic mass is 16.7. The third-order valence-corrected chi connectivity index (χ3v) is 12.1. The Balaban J connectivity index is 1.01. The molecule has 3 unspecified atom stereocenters. The van der Waals surface area contributed by atoms with Crippen LogP contribution in [0.1, 0.15) is 67.3 Å². The van der Waals surface area contributed by atoms with Gasteiger partial charge in [-0.1, -0.05) is 36.9 Å². The lowest BCUT2D eigenvalue weighted by Crippen LogP contribution is -2.57. The molecule has 0 spiro atoms. The number of piperidine rings is 1. The van der Waals surface area contributed by atoms with E-state index in [1.54, 1.807) is 26.8 Å². The molecule has 0 bridgehead atoms. The highest BCUT2D eigenvalue weighted by molar-refractivity contribution is 6.06. The number of fused-ring (bicyclic) bond motifs is 5. The summed E-state index contributed by atoms with van der Waals surface area (Å²) in [6.45, 7) is 8.12. The van der Waals surface area contributed by atoms with E-state index in [9.17, 15) is 19.2 Å². The number of ether oxygens (including phenoxy) is 6. The third kappa shape index (κ3) is 8.48. The topological polar surface area (TPSA) is 140 Å². The molecule has 320 valence electrons. The number of nitrogens with zero attached hydrogens (tertiary/aromatic N) is 5. The monoisotopic (exact) mass is 825 g/mol. The van der Waals surface area contributed by atoms with Crippen molar-refractivity contribution < 1.29 is 47.6 Å². The molecule has 5 aliphatic heterocycles. The first-order chi connectivity index (χ1) is 29.2. The zero-order valence-electron chi connectivity index (χ0n) is 34.6. The third-order valence-electron chi connectivity index (χ3n) is 12.1. The average molecular weight is 826 g/mol. The van der Waals surface area contributed by atoms with Crippen molar-refractivity contribution in [2.24, 2.45) is 0 Å². The first-order valence-electron chi connectivity index (χ1n) is 21.3. The minimum absolute atomic E-state index is 0.0338. The molecule has 8 rings (SSSR count). The smallest absolute Gasteiger partial charge is 0.416 e. The van der Waals surface area contributed by atoms with E-state index in [2.05, 4.69) is 11.5 Å². The number of benzene rings is 3. The van der Waals surface area contributed by atoms with Crippen molar-refractivity contribution in [2.45, 2.75) is 76.3 Å². The Hall–Kier alpha value is -5.38. The van der Waals surface area contributed by atoms with Crippen molar-refractivity contribution in [3.05, 3.63) is 66.2 Å². The lowest BCUT2D eigenvalue weighted by atomic mass is 10.00. The molecule has 15 nitrogen and oxygen atoms in total. The van der Waals surface area contributed by atoms with Crippen LogP contribution in [0.2, 0.25) is 0 Å². The summed E-state index contributed by atoms with van der Waals surface area (Å²) in [5, 5.41) is 1.79. The highest BCUT2D eigenvalue weighted by Crippen LogP contribution is 2.43. The molecule has 5 heterocycles. The van der Waals surface area contributed by atoms with E-state index in [4.69, 9.17) is 28.4 Å². The van der Waals surface area contributed by atoms with Gasteiger partial charge in [-0.2, -0.15) is 0 Å². The predicted octanol–water partition coefficient (Wildman–Crippen LogP) is 6.35. The number of rotatable bonds is 11. The van der Waals surface area contributed by atoms with E-state index >= 15 is 0 Å². The summed E-state index contributed by atoms with van der Waals surface area (Å²) in [5.74, 6) is 0.729. The molecule has 0 aliphatic carbocycles. The van der Waals surface area contributed by atoms with Gasteiger partial charge >= 0.3 is 12.2 Å². The van der Waals surface area contributed by atoms with Crippen molar-refractivity contribution >= 4 is 46.1 Å². The van der Waals surface area contributed by atoms with E-state index in [-0.39, 0.29) is 42.7 Å². The maximum absolute atomic E-state index is 14.3. The van der Waals surface area contributed by atoms with Crippen molar-refractivity contribution in [3.63, 3.8) is 0 Å². The summed E-state index contributed by atoms with van der Waals surface area (Å²) in [6.07, 6.45) is 5.06. The van der Waals surface area contributed by atoms with Gasteiger partial charge < -0.3 is 48.0 Å². The largest absolute Gasteiger partial charge is 0.493 e. The van der Waals surface area contributed by atoms with Gasteiger partial charge in [0.2, 0.25) is 5.91 Å². The van der Waals surface area contributed by atoms with E-state index < -0.39 is 30.7 Å². The Morgan fingerprint density at radius 2 is 1.67 bits per heavy atom. The summed E-state index contributed by atoms with van der Waals surface area (Å²) in [7, 11) is 3.53. The highest BCUT2D eigenvalue weighted by Gasteiger charge is 2.47. The Labute approximate surface area is 350 Å². The number of hydrogen-bond acceptors (Lipinski definition) is 11. The second kappa shape index (κ2) is 18.5. The van der Waals surface area contributed by atoms with Gasteiger partial charge in [-0.15, -0.1) is 0 Å². The fraction of sp³-hybridized carbons (Fsp3) is 0.511. The molecule has 0 aromatic heterocycles. The number of hydrogen-bond donors (Lipinski definition) is 0. The maximum Gasteiger partial charge on any atom is 0.416 e. The zero-order chi connectivity index (χ0) is 41.8. The summed E-state index contributed by atoms with van der Waals surface area (Å²) >= 11 is 0. The molecule has 0 N–H and O–H groups in total. The molecule has 0 saturated carbocycles. The quantitative estimate of drug-likeness (QED) is 0.158. The van der Waals surface area contributed by atoms with E-state index in [0.717, 1.165) is 60.8 Å². The fourth-order valence-electron chi connectivity index (χ4n) is 8.96. The summed E-state index contributed by atoms with van der Waals surface area (Å²) in [4.78, 5) is 64.3. The number of anilines is 2. The molecule has 5 aliphatic rings. The number of likely N-dealkylation sites (N-methyl/N-ethyl adjacent to an activating group) is 1. The Bertz CT molecular complexity index is 2100. The van der Waals surface area contributed by atoms with Gasteiger partial charge in [0.1, 0.15) is 12.4 Å². The Morgan fingerprint density at radius 3 is 2.43 bits per heavy atom. The molecule has 60 heavy (non-hydrogen) atoms. The summed E-state index contributed by atoms with van der Waals surface area (Å²) < 4.78 is 36.3. The SMILES string of the molecule is C=CCOC(=O)N1c2cc(OCCCC(=O)N3CCc4c3cc(OC(=O)N3CCN(C)CC3)c3ccccc43)c(OC)cc2C(=O)N2CCCCC2C1OC1CCCCO1. The van der Waals surface area contributed by atoms with Crippen LogP contribution >= 0.6 is 0 Å². The van der Waals surface area contributed by atoms with Gasteiger partial charge in [0.05, 0.1) is 36.7 Å². The van der Waals surface area contributed by atoms with E-state index in [0.29, 0.717) is 75.7 Å². The number of carbonyl (C=O) groups excluding carboxylic acids is 4. The molecule has 3 aromatic rings. The van der Waals surface area contributed by atoms with Crippen LogP contribution in [0.25, 0.3) is 10.8 Å². The standard InChI is InChI=1S/C45H55N5O10/c1-4-24-58-45(54)50-36-29-39(38(55-3)27-33(36)42(52)49-18-9-7-14-34(49)43(50)60-41-16-8-10-25-57-41)56-26-11-15-40(51)48-19-17-31-30-12-5-6-13-32(30)37(28-35(31)48)59-44(53)47-22-20-46(2)21-23-47/h4-6,12-13,27-29,34,41,43H,1,7-11,14-26H2,2-3H3. The summed E-state index contributed by atoms with van der Waals surface area (Å²) in [6, 6.07) is 12.5. The average Bonchev–Trinajstić information content (AvgIpc) is 3.68. The second-order valence-electron chi connectivity index (χ2n) is 16.0. The van der Waals surface area contributed by atoms with Crippen LogP contribution in [-0.4, -0.2) is 131 Å². The minimum Gasteiger partial charge on any atom is -0.493 e. The molecule has 3 atom stereocenters. The number of piperazine rings is 1. The number of amides is 4. The van der Waals surface area contributed by atoms with Crippen LogP contribution in [0.5, 0.6) is 17.2 Å². The zero-order valence-corrected chi connectivity index (χ0v) is 34.6. The number of methoxy groups -OCH3 is 1. The van der Waals surface area contributed by atoms with Crippen LogP contribution in [0.3, 0.4) is 0 Å².